The molecule has 0 atom stereocenters. The van der Waals surface area contributed by atoms with Crippen LogP contribution in [-0.2, 0) is 0 Å². The van der Waals surface area contributed by atoms with Gasteiger partial charge in [-0.2, -0.15) is 0 Å². The summed E-state index contributed by atoms with van der Waals surface area (Å²) >= 11 is 0. The highest BCUT2D eigenvalue weighted by atomic mass is 127. The maximum Gasteiger partial charge on any atom is 0.0717 e. The minimum absolute atomic E-state index is 0. The third-order valence-corrected chi connectivity index (χ3v) is 0.703. The van der Waals surface area contributed by atoms with Gasteiger partial charge in [0.15, 0.2) is 0 Å². The molecule has 2 nitrogen and oxygen atoms in total. The molecule has 0 aromatic rings. The first-order valence-electron chi connectivity index (χ1n) is 2.79. The Balaban J connectivity index is 0. The third-order valence-electron chi connectivity index (χ3n) is 0.703. The summed E-state index contributed by atoms with van der Waals surface area (Å²) in [5.41, 5.74) is -0.552. The van der Waals surface area contributed by atoms with Gasteiger partial charge in [0.25, 0.3) is 0 Å². The number of hydrogen-bond donors (Lipinski definition) is 1. The summed E-state index contributed by atoms with van der Waals surface area (Å²) in [7, 11) is 3.88. The number of halogens is 1. The maximum atomic E-state index is 9.15. The van der Waals surface area contributed by atoms with Crippen LogP contribution in [0.5, 0.6) is 0 Å². The van der Waals surface area contributed by atoms with E-state index in [1.807, 2.05) is 19.0 Å². The van der Waals surface area contributed by atoms with Gasteiger partial charge in [-0.05, 0) is 27.9 Å². The molecular formula is C6H16INO. The van der Waals surface area contributed by atoms with Crippen molar-refractivity contribution in [1.82, 2.24) is 4.90 Å². The molecular weight excluding hydrogens is 229 g/mol. The number of aliphatic hydroxyl groups is 1. The highest BCUT2D eigenvalue weighted by Crippen LogP contribution is 2.00. The highest BCUT2D eigenvalue weighted by molar-refractivity contribution is 14.0. The van der Waals surface area contributed by atoms with Crippen LogP contribution in [0.3, 0.4) is 0 Å². The van der Waals surface area contributed by atoms with Gasteiger partial charge in [-0.3, -0.25) is 0 Å². The van der Waals surface area contributed by atoms with E-state index in [1.165, 1.54) is 0 Å². The Morgan fingerprint density at radius 3 is 1.67 bits per heavy atom. The van der Waals surface area contributed by atoms with Gasteiger partial charge in [0.1, 0.15) is 0 Å². The van der Waals surface area contributed by atoms with Crippen LogP contribution >= 0.6 is 24.0 Å². The lowest BCUT2D eigenvalue weighted by Gasteiger charge is -2.21. The average molecular weight is 245 g/mol. The summed E-state index contributed by atoms with van der Waals surface area (Å²) < 4.78 is 0. The molecule has 9 heavy (non-hydrogen) atoms. The zero-order chi connectivity index (χ0) is 6.78. The summed E-state index contributed by atoms with van der Waals surface area (Å²) in [4.78, 5) is 1.96. The van der Waals surface area contributed by atoms with E-state index in [2.05, 4.69) is 0 Å². The molecule has 58 valence electrons. The van der Waals surface area contributed by atoms with Crippen molar-refractivity contribution in [2.75, 3.05) is 20.6 Å². The van der Waals surface area contributed by atoms with Crippen molar-refractivity contribution in [3.8, 4) is 0 Å². The fraction of sp³-hybridized carbons (Fsp3) is 1.00. The van der Waals surface area contributed by atoms with Crippen molar-refractivity contribution >= 4 is 24.0 Å². The Morgan fingerprint density at radius 2 is 1.67 bits per heavy atom. The predicted octanol–water partition coefficient (Wildman–Crippen LogP) is 0.937. The molecule has 0 unspecified atom stereocenters. The molecule has 0 saturated carbocycles. The number of hydrogen-bond acceptors (Lipinski definition) is 2. The Labute approximate surface area is 74.3 Å². The van der Waals surface area contributed by atoms with Crippen molar-refractivity contribution in [3.05, 3.63) is 0 Å². The largest absolute Gasteiger partial charge is 0.389 e. The van der Waals surface area contributed by atoms with Crippen molar-refractivity contribution in [2.24, 2.45) is 0 Å². The Morgan fingerprint density at radius 1 is 1.33 bits per heavy atom. The topological polar surface area (TPSA) is 23.5 Å². The molecule has 0 amide bonds. The standard InChI is InChI=1S/C6H15NO.HI/c1-6(2,8)5-7(3)4;/h8H,5H2,1-4H3;1H. The Bertz CT molecular complexity index is 67.9. The van der Waals surface area contributed by atoms with Crippen LogP contribution in [0.25, 0.3) is 0 Å². The molecule has 1 N–H and O–H groups in total. The second-order valence-corrected chi connectivity index (χ2v) is 3.05. The van der Waals surface area contributed by atoms with E-state index in [9.17, 15) is 0 Å². The number of rotatable bonds is 2. The molecule has 0 spiro atoms. The van der Waals surface area contributed by atoms with Crippen molar-refractivity contribution < 1.29 is 5.11 Å². The zero-order valence-corrected chi connectivity index (χ0v) is 8.84. The monoisotopic (exact) mass is 245 g/mol. The lowest BCUT2D eigenvalue weighted by atomic mass is 10.1. The summed E-state index contributed by atoms with van der Waals surface area (Å²) in [5.74, 6) is 0. The lowest BCUT2D eigenvalue weighted by molar-refractivity contribution is 0.0519. The van der Waals surface area contributed by atoms with Crippen LogP contribution < -0.4 is 0 Å². The van der Waals surface area contributed by atoms with Crippen molar-refractivity contribution in [2.45, 2.75) is 19.4 Å². The second kappa shape index (κ2) is 4.46. The summed E-state index contributed by atoms with van der Waals surface area (Å²) in [5, 5.41) is 9.15. The van der Waals surface area contributed by atoms with Crippen LogP contribution in [0.15, 0.2) is 0 Å². The average Bonchev–Trinajstić information content (AvgIpc) is 1.21. The van der Waals surface area contributed by atoms with Crippen molar-refractivity contribution in [3.63, 3.8) is 0 Å². The van der Waals surface area contributed by atoms with Crippen molar-refractivity contribution in [1.29, 1.82) is 0 Å². The quantitative estimate of drug-likeness (QED) is 0.732. The molecule has 0 aromatic heterocycles. The molecule has 0 rings (SSSR count). The van der Waals surface area contributed by atoms with Gasteiger partial charge < -0.3 is 10.0 Å². The van der Waals surface area contributed by atoms with Gasteiger partial charge in [0.2, 0.25) is 0 Å². The predicted molar refractivity (Wildman–Crippen MR) is 50.3 cm³/mol. The molecule has 0 aliphatic heterocycles. The van der Waals surface area contributed by atoms with Crippen LogP contribution in [0.1, 0.15) is 13.8 Å². The van der Waals surface area contributed by atoms with E-state index in [0.717, 1.165) is 0 Å². The first kappa shape index (κ1) is 12.3. The van der Waals surface area contributed by atoms with Gasteiger partial charge >= 0.3 is 0 Å². The highest BCUT2D eigenvalue weighted by Gasteiger charge is 2.12. The molecule has 0 radical (unpaired) electrons. The van der Waals surface area contributed by atoms with Gasteiger partial charge in [0.05, 0.1) is 5.60 Å². The van der Waals surface area contributed by atoms with Gasteiger partial charge in [-0.1, -0.05) is 0 Å². The van der Waals surface area contributed by atoms with Crippen LogP contribution in [0, 0.1) is 0 Å². The van der Waals surface area contributed by atoms with Gasteiger partial charge in [-0.25, -0.2) is 0 Å². The minimum atomic E-state index is -0.552. The smallest absolute Gasteiger partial charge is 0.0717 e. The second-order valence-electron chi connectivity index (χ2n) is 3.05. The molecule has 0 bridgehead atoms. The Hall–Kier alpha value is 0.650. The molecule has 3 heteroatoms. The normalized spacial score (nSPS) is 11.3. The van der Waals surface area contributed by atoms with E-state index in [-0.39, 0.29) is 24.0 Å². The van der Waals surface area contributed by atoms with E-state index < -0.39 is 5.60 Å². The Kier molecular flexibility index (Phi) is 6.12. The fourth-order valence-electron chi connectivity index (χ4n) is 0.774. The molecule has 0 aliphatic rings. The number of nitrogens with zero attached hydrogens (tertiary/aromatic N) is 1. The number of likely N-dealkylation sites (N-methyl/N-ethyl adjacent to an activating group) is 1. The third kappa shape index (κ3) is 12.0. The first-order valence-corrected chi connectivity index (χ1v) is 2.79. The van der Waals surface area contributed by atoms with Gasteiger partial charge in [0, 0.05) is 6.54 Å². The lowest BCUT2D eigenvalue weighted by Crippen LogP contribution is -2.33. The fourth-order valence-corrected chi connectivity index (χ4v) is 0.774. The summed E-state index contributed by atoms with van der Waals surface area (Å²) in [6.45, 7) is 4.31. The van der Waals surface area contributed by atoms with E-state index in [0.29, 0.717) is 6.54 Å². The first-order chi connectivity index (χ1) is 3.42. The van der Waals surface area contributed by atoms with E-state index >= 15 is 0 Å². The SMILES string of the molecule is CN(C)CC(C)(C)O.I. The van der Waals surface area contributed by atoms with Gasteiger partial charge in [-0.15, -0.1) is 24.0 Å². The maximum absolute atomic E-state index is 9.15. The molecule has 0 fully saturated rings. The van der Waals surface area contributed by atoms with Crippen LogP contribution in [0.2, 0.25) is 0 Å². The van der Waals surface area contributed by atoms with E-state index in [1.54, 1.807) is 13.8 Å². The molecule has 0 aliphatic carbocycles. The minimum Gasteiger partial charge on any atom is -0.389 e. The van der Waals surface area contributed by atoms with Crippen LogP contribution in [-0.4, -0.2) is 36.2 Å². The molecule has 0 heterocycles. The summed E-state index contributed by atoms with van der Waals surface area (Å²) in [6.07, 6.45) is 0. The summed E-state index contributed by atoms with van der Waals surface area (Å²) in [6, 6.07) is 0. The molecule has 0 aromatic carbocycles. The zero-order valence-electron chi connectivity index (χ0n) is 6.51. The molecule has 0 saturated heterocycles. The van der Waals surface area contributed by atoms with Crippen LogP contribution in [0.4, 0.5) is 0 Å². The van der Waals surface area contributed by atoms with E-state index in [4.69, 9.17) is 5.11 Å².